The summed E-state index contributed by atoms with van der Waals surface area (Å²) in [6.45, 7) is 0.110. The Kier molecular flexibility index (Phi) is 6.45. The minimum absolute atomic E-state index is 0.0509. The molecule has 1 rings (SSSR count). The lowest BCUT2D eigenvalue weighted by atomic mass is 10.2. The van der Waals surface area contributed by atoms with E-state index in [1.165, 1.54) is 0 Å². The molecule has 0 heterocycles. The monoisotopic (exact) mass is 260 g/mol. The van der Waals surface area contributed by atoms with Crippen molar-refractivity contribution in [2.45, 2.75) is 31.4 Å². The molecule has 18 heavy (non-hydrogen) atoms. The molecule has 2 atom stereocenters. The van der Waals surface area contributed by atoms with Crippen molar-refractivity contribution in [3.8, 4) is 0 Å². The predicted molar refractivity (Wildman–Crippen MR) is 63.4 cm³/mol. The highest BCUT2D eigenvalue weighted by molar-refractivity contribution is 5.74. The first kappa shape index (κ1) is 14.7. The zero-order valence-electron chi connectivity index (χ0n) is 10.5. The lowest BCUT2D eigenvalue weighted by Gasteiger charge is -2.19. The number of carboxylic acids is 1. The van der Waals surface area contributed by atoms with E-state index in [-0.39, 0.29) is 37.9 Å². The number of aliphatic carboxylic acids is 1. The van der Waals surface area contributed by atoms with Gasteiger partial charge in [0.25, 0.3) is 0 Å². The zero-order chi connectivity index (χ0) is 13.4. The van der Waals surface area contributed by atoms with Crippen LogP contribution >= 0.6 is 0 Å². The molecule has 0 radical (unpaired) electrons. The average molecular weight is 260 g/mol. The summed E-state index contributed by atoms with van der Waals surface area (Å²) in [5.74, 6) is -1.02. The SMILES string of the molecule is COC1CCCC1NC(=O)NCCOCC(=O)O. The highest BCUT2D eigenvalue weighted by atomic mass is 16.5. The summed E-state index contributed by atoms with van der Waals surface area (Å²) in [5.41, 5.74) is 0. The van der Waals surface area contributed by atoms with Gasteiger partial charge in [0.15, 0.2) is 0 Å². The fraction of sp³-hybridized carbons (Fsp3) is 0.818. The molecule has 2 unspecified atom stereocenters. The van der Waals surface area contributed by atoms with Gasteiger partial charge < -0.3 is 25.2 Å². The quantitative estimate of drug-likeness (QED) is 0.558. The second kappa shape index (κ2) is 7.88. The van der Waals surface area contributed by atoms with E-state index >= 15 is 0 Å². The predicted octanol–water partition coefficient (Wildman–Crippen LogP) is -0.0457. The van der Waals surface area contributed by atoms with Crippen LogP contribution in [0, 0.1) is 0 Å². The van der Waals surface area contributed by atoms with Gasteiger partial charge in [0, 0.05) is 13.7 Å². The fourth-order valence-electron chi connectivity index (χ4n) is 1.99. The van der Waals surface area contributed by atoms with Crippen LogP contribution in [-0.4, -0.2) is 56.1 Å². The van der Waals surface area contributed by atoms with E-state index in [4.69, 9.17) is 14.6 Å². The molecule has 0 saturated heterocycles. The van der Waals surface area contributed by atoms with E-state index in [0.29, 0.717) is 0 Å². The molecule has 1 fully saturated rings. The molecular formula is C11H20N2O5. The van der Waals surface area contributed by atoms with Gasteiger partial charge in [-0.15, -0.1) is 0 Å². The van der Waals surface area contributed by atoms with Crippen LogP contribution in [0.2, 0.25) is 0 Å². The molecular weight excluding hydrogens is 240 g/mol. The van der Waals surface area contributed by atoms with Gasteiger partial charge >= 0.3 is 12.0 Å². The molecule has 2 amide bonds. The van der Waals surface area contributed by atoms with Crippen molar-refractivity contribution >= 4 is 12.0 Å². The van der Waals surface area contributed by atoms with Crippen molar-refractivity contribution in [3.63, 3.8) is 0 Å². The van der Waals surface area contributed by atoms with Gasteiger partial charge in [0.1, 0.15) is 6.61 Å². The lowest BCUT2D eigenvalue weighted by molar-refractivity contribution is -0.142. The standard InChI is InChI=1S/C11H20N2O5/c1-17-9-4-2-3-8(9)13-11(16)12-5-6-18-7-10(14)15/h8-9H,2-7H2,1H3,(H,14,15)(H2,12,13,16). The Labute approximate surface area is 106 Å². The van der Waals surface area contributed by atoms with Crippen LogP contribution in [-0.2, 0) is 14.3 Å². The lowest BCUT2D eigenvalue weighted by Crippen LogP contribution is -2.46. The van der Waals surface area contributed by atoms with E-state index in [1.807, 2.05) is 0 Å². The smallest absolute Gasteiger partial charge is 0.329 e. The average Bonchev–Trinajstić information content (AvgIpc) is 2.75. The highest BCUT2D eigenvalue weighted by Gasteiger charge is 2.28. The molecule has 3 N–H and O–H groups in total. The molecule has 0 bridgehead atoms. The van der Waals surface area contributed by atoms with E-state index < -0.39 is 5.97 Å². The number of carboxylic acid groups (broad SMARTS) is 1. The van der Waals surface area contributed by atoms with Gasteiger partial charge in [-0.3, -0.25) is 0 Å². The second-order valence-electron chi connectivity index (χ2n) is 4.16. The molecule has 0 aliphatic heterocycles. The summed E-state index contributed by atoms with van der Waals surface area (Å²) < 4.78 is 10.1. The summed E-state index contributed by atoms with van der Waals surface area (Å²) in [5, 5.41) is 13.8. The molecule has 0 aromatic heterocycles. The third-order valence-corrected chi connectivity index (χ3v) is 2.83. The maximum Gasteiger partial charge on any atom is 0.329 e. The molecule has 0 aromatic rings. The molecule has 1 aliphatic rings. The van der Waals surface area contributed by atoms with Crippen molar-refractivity contribution in [1.29, 1.82) is 0 Å². The van der Waals surface area contributed by atoms with Gasteiger partial charge in [-0.1, -0.05) is 0 Å². The van der Waals surface area contributed by atoms with Crippen LogP contribution in [0.1, 0.15) is 19.3 Å². The number of urea groups is 1. The van der Waals surface area contributed by atoms with Crippen molar-refractivity contribution in [2.24, 2.45) is 0 Å². The number of ether oxygens (including phenoxy) is 2. The van der Waals surface area contributed by atoms with Crippen LogP contribution < -0.4 is 10.6 Å². The van der Waals surface area contributed by atoms with Gasteiger partial charge in [-0.25, -0.2) is 9.59 Å². The number of hydrogen-bond donors (Lipinski definition) is 3. The van der Waals surface area contributed by atoms with Crippen LogP contribution in [0.25, 0.3) is 0 Å². The molecule has 7 heteroatoms. The Hall–Kier alpha value is -1.34. The molecule has 104 valence electrons. The van der Waals surface area contributed by atoms with Crippen LogP contribution in [0.3, 0.4) is 0 Å². The normalized spacial score (nSPS) is 22.7. The Bertz CT molecular complexity index is 285. The molecule has 0 spiro atoms. The van der Waals surface area contributed by atoms with Crippen molar-refractivity contribution in [3.05, 3.63) is 0 Å². The maximum atomic E-state index is 11.5. The third-order valence-electron chi connectivity index (χ3n) is 2.83. The van der Waals surface area contributed by atoms with E-state index in [0.717, 1.165) is 19.3 Å². The number of amides is 2. The van der Waals surface area contributed by atoms with Crippen molar-refractivity contribution in [1.82, 2.24) is 10.6 Å². The molecule has 1 aliphatic carbocycles. The number of methoxy groups -OCH3 is 1. The number of carbonyl (C=O) groups excluding carboxylic acids is 1. The van der Waals surface area contributed by atoms with Crippen LogP contribution in [0.4, 0.5) is 4.79 Å². The molecule has 1 saturated carbocycles. The topological polar surface area (TPSA) is 96.9 Å². The minimum atomic E-state index is -1.02. The number of carbonyl (C=O) groups is 2. The summed E-state index contributed by atoms with van der Waals surface area (Å²) in [7, 11) is 1.64. The Morgan fingerprint density at radius 3 is 2.83 bits per heavy atom. The minimum Gasteiger partial charge on any atom is -0.480 e. The Morgan fingerprint density at radius 1 is 1.39 bits per heavy atom. The van der Waals surface area contributed by atoms with Gasteiger partial charge in [-0.2, -0.15) is 0 Å². The number of rotatable bonds is 7. The summed E-state index contributed by atoms with van der Waals surface area (Å²) in [6.07, 6.45) is 3.01. The maximum absolute atomic E-state index is 11.5. The van der Waals surface area contributed by atoms with Crippen molar-refractivity contribution < 1.29 is 24.2 Å². The van der Waals surface area contributed by atoms with Crippen molar-refractivity contribution in [2.75, 3.05) is 26.9 Å². The van der Waals surface area contributed by atoms with Crippen LogP contribution in [0.5, 0.6) is 0 Å². The van der Waals surface area contributed by atoms with Gasteiger partial charge in [0.05, 0.1) is 18.8 Å². The van der Waals surface area contributed by atoms with Crippen LogP contribution in [0.15, 0.2) is 0 Å². The zero-order valence-corrected chi connectivity index (χ0v) is 10.5. The molecule has 7 nitrogen and oxygen atoms in total. The van der Waals surface area contributed by atoms with Gasteiger partial charge in [-0.05, 0) is 19.3 Å². The molecule has 0 aromatic carbocycles. The number of hydrogen-bond acceptors (Lipinski definition) is 4. The fourth-order valence-corrected chi connectivity index (χ4v) is 1.99. The highest BCUT2D eigenvalue weighted by Crippen LogP contribution is 2.21. The third kappa shape index (κ3) is 5.33. The summed E-state index contributed by atoms with van der Waals surface area (Å²) >= 11 is 0. The first-order valence-corrected chi connectivity index (χ1v) is 6.00. The Balaban J connectivity index is 2.08. The number of nitrogens with one attached hydrogen (secondary N) is 2. The Morgan fingerprint density at radius 2 is 2.17 bits per heavy atom. The largest absolute Gasteiger partial charge is 0.480 e. The van der Waals surface area contributed by atoms with E-state index in [2.05, 4.69) is 10.6 Å². The second-order valence-corrected chi connectivity index (χ2v) is 4.16. The summed E-state index contributed by atoms with van der Waals surface area (Å²) in [4.78, 5) is 21.7. The first-order chi connectivity index (χ1) is 8.63. The van der Waals surface area contributed by atoms with Gasteiger partial charge in [0.2, 0.25) is 0 Å². The van der Waals surface area contributed by atoms with E-state index in [9.17, 15) is 9.59 Å². The summed E-state index contributed by atoms with van der Waals surface area (Å²) in [6, 6.07) is -0.224. The first-order valence-electron chi connectivity index (χ1n) is 6.00. The van der Waals surface area contributed by atoms with E-state index in [1.54, 1.807) is 7.11 Å².